The Bertz CT molecular complexity index is 549. The summed E-state index contributed by atoms with van der Waals surface area (Å²) in [6.07, 6.45) is 1.39. The first-order valence-electron chi connectivity index (χ1n) is 6.00. The van der Waals surface area contributed by atoms with Crippen molar-refractivity contribution in [2.45, 2.75) is 26.7 Å². The molecule has 0 radical (unpaired) electrons. The summed E-state index contributed by atoms with van der Waals surface area (Å²) >= 11 is 3.55. The van der Waals surface area contributed by atoms with Crippen molar-refractivity contribution < 1.29 is 5.11 Å². The Morgan fingerprint density at radius 3 is 2.78 bits per heavy atom. The van der Waals surface area contributed by atoms with Crippen molar-refractivity contribution in [1.82, 2.24) is 9.97 Å². The number of aliphatic hydroxyl groups is 1. The normalized spacial score (nSPS) is 10.9. The Kier molecular flexibility index (Phi) is 4.19. The van der Waals surface area contributed by atoms with Crippen LogP contribution in [-0.2, 0) is 12.8 Å². The van der Waals surface area contributed by atoms with Gasteiger partial charge < -0.3 is 10.1 Å². The van der Waals surface area contributed by atoms with Gasteiger partial charge in [0.2, 0.25) is 0 Å². The average Bonchev–Trinajstić information content (AvgIpc) is 2.65. The zero-order valence-corrected chi connectivity index (χ0v) is 12.2. The fraction of sp³-hybridized carbons (Fsp3) is 0.357. The molecule has 2 rings (SSSR count). The number of nitrogens with zero attached hydrogens (tertiary/aromatic N) is 1. The highest BCUT2D eigenvalue weighted by molar-refractivity contribution is 9.10. The summed E-state index contributed by atoms with van der Waals surface area (Å²) in [5.41, 5.74) is 4.60. The molecule has 1 aromatic heterocycles. The number of H-pyrrole nitrogens is 1. The Hall–Kier alpha value is -1.13. The summed E-state index contributed by atoms with van der Waals surface area (Å²) in [6, 6.07) is 6.37. The largest absolute Gasteiger partial charge is 0.396 e. The molecule has 0 spiro atoms. The molecule has 0 saturated heterocycles. The minimum absolute atomic E-state index is 0.127. The minimum Gasteiger partial charge on any atom is -0.396 e. The topological polar surface area (TPSA) is 48.9 Å². The molecule has 0 aliphatic rings. The Morgan fingerprint density at radius 2 is 2.11 bits per heavy atom. The summed E-state index contributed by atoms with van der Waals surface area (Å²) < 4.78 is 1.13. The second-order valence-electron chi connectivity index (χ2n) is 4.49. The predicted molar refractivity (Wildman–Crippen MR) is 75.8 cm³/mol. The van der Waals surface area contributed by atoms with E-state index < -0.39 is 0 Å². The molecule has 1 heterocycles. The van der Waals surface area contributed by atoms with E-state index in [0.29, 0.717) is 6.42 Å². The van der Waals surface area contributed by atoms with Crippen LogP contribution in [0.4, 0.5) is 0 Å². The van der Waals surface area contributed by atoms with Gasteiger partial charge in [-0.05, 0) is 31.0 Å². The zero-order valence-electron chi connectivity index (χ0n) is 10.6. The molecular weight excluding hydrogens is 292 g/mol. The maximum atomic E-state index is 8.91. The summed E-state index contributed by atoms with van der Waals surface area (Å²) in [6.45, 7) is 4.22. The molecule has 0 amide bonds. The van der Waals surface area contributed by atoms with E-state index in [1.165, 1.54) is 11.1 Å². The predicted octanol–water partition coefficient (Wildman–Crippen LogP) is 2.91. The first kappa shape index (κ1) is 13.3. The number of benzene rings is 1. The maximum Gasteiger partial charge on any atom is 0.108 e. The lowest BCUT2D eigenvalue weighted by Crippen LogP contribution is -1.94. The average molecular weight is 309 g/mol. The number of aliphatic hydroxyl groups excluding tert-OH is 1. The van der Waals surface area contributed by atoms with Gasteiger partial charge in [-0.1, -0.05) is 28.1 Å². The molecule has 0 aliphatic carbocycles. The van der Waals surface area contributed by atoms with Crippen LogP contribution < -0.4 is 0 Å². The molecule has 2 aromatic rings. The van der Waals surface area contributed by atoms with Gasteiger partial charge in [0.1, 0.15) is 5.82 Å². The van der Waals surface area contributed by atoms with Gasteiger partial charge in [-0.25, -0.2) is 4.98 Å². The number of aromatic nitrogens is 2. The van der Waals surface area contributed by atoms with Gasteiger partial charge in [0, 0.05) is 23.0 Å². The van der Waals surface area contributed by atoms with Crippen molar-refractivity contribution >= 4 is 15.9 Å². The third-order valence-electron chi connectivity index (χ3n) is 2.99. The lowest BCUT2D eigenvalue weighted by Gasteiger charge is -2.03. The molecule has 4 heteroatoms. The molecule has 0 aliphatic heterocycles. The Balaban J connectivity index is 2.20. The number of nitrogens with one attached hydrogen (secondary N) is 1. The highest BCUT2D eigenvalue weighted by Gasteiger charge is 2.08. The first-order valence-corrected chi connectivity index (χ1v) is 6.79. The van der Waals surface area contributed by atoms with Crippen molar-refractivity contribution in [2.75, 3.05) is 6.61 Å². The lowest BCUT2D eigenvalue weighted by molar-refractivity contribution is 0.297. The third-order valence-corrected chi connectivity index (χ3v) is 3.85. The molecule has 0 fully saturated rings. The smallest absolute Gasteiger partial charge is 0.108 e. The minimum atomic E-state index is 0.127. The van der Waals surface area contributed by atoms with Crippen molar-refractivity contribution in [3.8, 4) is 0 Å². The van der Waals surface area contributed by atoms with E-state index in [1.54, 1.807) is 0 Å². The van der Waals surface area contributed by atoms with Gasteiger partial charge in [0.25, 0.3) is 0 Å². The van der Waals surface area contributed by atoms with Crippen LogP contribution in [0.15, 0.2) is 22.7 Å². The quantitative estimate of drug-likeness (QED) is 0.912. The third kappa shape index (κ3) is 3.00. The molecule has 96 valence electrons. The molecule has 3 nitrogen and oxygen atoms in total. The fourth-order valence-electron chi connectivity index (χ4n) is 1.90. The number of hydrogen-bond donors (Lipinski definition) is 2. The molecule has 0 bridgehead atoms. The highest BCUT2D eigenvalue weighted by Crippen LogP contribution is 2.20. The van der Waals surface area contributed by atoms with Crippen LogP contribution in [0.25, 0.3) is 0 Å². The van der Waals surface area contributed by atoms with Crippen LogP contribution >= 0.6 is 15.9 Å². The van der Waals surface area contributed by atoms with E-state index in [2.05, 4.69) is 51.0 Å². The summed E-state index contributed by atoms with van der Waals surface area (Å²) in [7, 11) is 0. The van der Waals surface area contributed by atoms with Crippen molar-refractivity contribution in [2.24, 2.45) is 0 Å². The lowest BCUT2D eigenvalue weighted by atomic mass is 10.1. The van der Waals surface area contributed by atoms with Crippen molar-refractivity contribution in [1.29, 1.82) is 0 Å². The van der Waals surface area contributed by atoms with Crippen LogP contribution in [-0.4, -0.2) is 21.7 Å². The van der Waals surface area contributed by atoms with E-state index in [9.17, 15) is 0 Å². The Labute approximate surface area is 115 Å². The van der Waals surface area contributed by atoms with Crippen LogP contribution in [0.1, 0.15) is 28.3 Å². The second kappa shape index (κ2) is 5.67. The molecule has 0 saturated carbocycles. The van der Waals surface area contributed by atoms with E-state index >= 15 is 0 Å². The summed E-state index contributed by atoms with van der Waals surface area (Å²) in [4.78, 5) is 7.73. The van der Waals surface area contributed by atoms with Crippen LogP contribution in [0, 0.1) is 13.8 Å². The molecule has 18 heavy (non-hydrogen) atoms. The number of aromatic amines is 1. The number of rotatable bonds is 4. The zero-order chi connectivity index (χ0) is 13.1. The standard InChI is InChI=1S/C14H17BrN2O/c1-9-3-4-11(7-12(9)15)8-13-10(2)16-14(17-13)5-6-18/h3-4,7,18H,5-6,8H2,1-2H3,(H,16,17). The SMILES string of the molecule is Cc1ccc(Cc2nc(CCO)[nH]c2C)cc1Br. The van der Waals surface area contributed by atoms with E-state index in [4.69, 9.17) is 5.11 Å². The molecule has 2 N–H and O–H groups in total. The Morgan fingerprint density at radius 1 is 1.33 bits per heavy atom. The van der Waals surface area contributed by atoms with Crippen LogP contribution in [0.3, 0.4) is 0 Å². The molecule has 0 atom stereocenters. The van der Waals surface area contributed by atoms with Crippen LogP contribution in [0.5, 0.6) is 0 Å². The van der Waals surface area contributed by atoms with Gasteiger partial charge in [0.15, 0.2) is 0 Å². The molecule has 1 aromatic carbocycles. The second-order valence-corrected chi connectivity index (χ2v) is 5.34. The molecule has 0 unspecified atom stereocenters. The van der Waals surface area contributed by atoms with Crippen molar-refractivity contribution in [3.63, 3.8) is 0 Å². The number of imidazole rings is 1. The van der Waals surface area contributed by atoms with E-state index in [1.807, 2.05) is 6.92 Å². The number of halogens is 1. The monoisotopic (exact) mass is 308 g/mol. The van der Waals surface area contributed by atoms with E-state index in [0.717, 1.165) is 28.1 Å². The first-order chi connectivity index (χ1) is 8.60. The van der Waals surface area contributed by atoms with Gasteiger partial charge in [0.05, 0.1) is 12.3 Å². The van der Waals surface area contributed by atoms with Gasteiger partial charge in [-0.3, -0.25) is 0 Å². The fourth-order valence-corrected chi connectivity index (χ4v) is 2.33. The summed E-state index contributed by atoms with van der Waals surface area (Å²) in [5.74, 6) is 0.858. The van der Waals surface area contributed by atoms with Gasteiger partial charge in [-0.2, -0.15) is 0 Å². The van der Waals surface area contributed by atoms with Crippen LogP contribution in [0.2, 0.25) is 0 Å². The number of aryl methyl sites for hydroxylation is 2. The van der Waals surface area contributed by atoms with E-state index in [-0.39, 0.29) is 6.61 Å². The van der Waals surface area contributed by atoms with Gasteiger partial charge in [-0.15, -0.1) is 0 Å². The highest BCUT2D eigenvalue weighted by atomic mass is 79.9. The maximum absolute atomic E-state index is 8.91. The van der Waals surface area contributed by atoms with Gasteiger partial charge >= 0.3 is 0 Å². The molecular formula is C14H17BrN2O. The number of hydrogen-bond acceptors (Lipinski definition) is 2. The summed E-state index contributed by atoms with van der Waals surface area (Å²) in [5, 5.41) is 8.91. The van der Waals surface area contributed by atoms with Crippen molar-refractivity contribution in [3.05, 3.63) is 51.0 Å².